The second-order valence-electron chi connectivity index (χ2n) is 5.43. The first-order valence-corrected chi connectivity index (χ1v) is 6.97. The molecule has 3 rings (SSSR count). The average molecular weight is 325 g/mol. The lowest BCUT2D eigenvalue weighted by atomic mass is 10.2. The summed E-state index contributed by atoms with van der Waals surface area (Å²) >= 11 is 0. The summed E-state index contributed by atoms with van der Waals surface area (Å²) in [5.41, 5.74) is 0.958. The Morgan fingerprint density at radius 1 is 1.39 bits per heavy atom. The molecule has 1 fully saturated rings. The number of nitrogens with one attached hydrogen (secondary N) is 1. The van der Waals surface area contributed by atoms with Crippen LogP contribution in [0, 0.1) is 5.92 Å². The Labute approximate surface area is 130 Å². The summed E-state index contributed by atoms with van der Waals surface area (Å²) in [6.07, 6.45) is -0.629. The molecule has 1 N–H and O–H groups in total. The maximum absolute atomic E-state index is 12.4. The van der Waals surface area contributed by atoms with Crippen LogP contribution in [-0.4, -0.2) is 22.1 Å². The number of halogens is 3. The molecule has 0 aliphatic heterocycles. The zero-order valence-electron chi connectivity index (χ0n) is 12.2. The van der Waals surface area contributed by atoms with Crippen LogP contribution in [0.5, 0.6) is 5.75 Å². The average Bonchev–Trinajstić information content (AvgIpc) is 3.15. The fraction of sp³-hybridized carbons (Fsp3) is 0.333. The minimum Gasteiger partial charge on any atom is -0.404 e. The highest BCUT2D eigenvalue weighted by Gasteiger charge is 2.45. The summed E-state index contributed by atoms with van der Waals surface area (Å²) < 4.78 is 42.7. The molecule has 1 aromatic carbocycles. The molecule has 1 aromatic heterocycles. The Kier molecular flexibility index (Phi) is 3.75. The third-order valence-corrected chi connectivity index (χ3v) is 3.65. The molecule has 0 radical (unpaired) electrons. The van der Waals surface area contributed by atoms with Gasteiger partial charge < -0.3 is 10.1 Å². The van der Waals surface area contributed by atoms with Gasteiger partial charge in [0.05, 0.1) is 11.9 Å². The molecule has 1 saturated carbocycles. The van der Waals surface area contributed by atoms with Gasteiger partial charge in [-0.25, -0.2) is 0 Å². The topological polar surface area (TPSA) is 56.2 Å². The van der Waals surface area contributed by atoms with Crippen LogP contribution in [0.2, 0.25) is 0 Å². The molecule has 2 aromatic rings. The molecular formula is C15H14F3N3O2. The number of nitrogens with zero attached hydrogens (tertiary/aromatic N) is 2. The van der Waals surface area contributed by atoms with Gasteiger partial charge in [0.15, 0.2) is 5.75 Å². The number of aryl methyl sites for hydroxylation is 1. The van der Waals surface area contributed by atoms with E-state index in [1.54, 1.807) is 17.9 Å². The van der Waals surface area contributed by atoms with Gasteiger partial charge in [-0.05, 0) is 30.0 Å². The van der Waals surface area contributed by atoms with Gasteiger partial charge >= 0.3 is 6.36 Å². The standard InChI is InChI=1S/C15H14F3N3O2/c1-21-8-9(7-19-21)10-6-11(10)14(22)20-12-4-2-3-5-13(12)23-15(16,17)18/h2-5,7-8,10-11H,6H2,1H3,(H,20,22)/t10-,11-/m1/s1. The van der Waals surface area contributed by atoms with Crippen molar-refractivity contribution in [1.29, 1.82) is 0 Å². The molecule has 122 valence electrons. The summed E-state index contributed by atoms with van der Waals surface area (Å²) in [4.78, 5) is 12.2. The summed E-state index contributed by atoms with van der Waals surface area (Å²) in [6.45, 7) is 0. The van der Waals surface area contributed by atoms with Crippen molar-refractivity contribution in [3.05, 3.63) is 42.2 Å². The molecule has 1 heterocycles. The summed E-state index contributed by atoms with van der Waals surface area (Å²) in [5, 5.41) is 6.56. The minimum atomic E-state index is -4.81. The molecule has 2 atom stereocenters. The molecule has 1 amide bonds. The van der Waals surface area contributed by atoms with E-state index in [-0.39, 0.29) is 23.4 Å². The second-order valence-corrected chi connectivity index (χ2v) is 5.43. The first kappa shape index (κ1) is 15.4. The molecule has 0 unspecified atom stereocenters. The quantitative estimate of drug-likeness (QED) is 0.940. The van der Waals surface area contributed by atoms with E-state index in [0.29, 0.717) is 6.42 Å². The highest BCUT2D eigenvalue weighted by molar-refractivity contribution is 5.96. The Bertz CT molecular complexity index is 727. The number of ether oxygens (including phenoxy) is 1. The number of carbonyl (C=O) groups excluding carboxylic acids is 1. The predicted molar refractivity (Wildman–Crippen MR) is 75.8 cm³/mol. The van der Waals surface area contributed by atoms with Gasteiger partial charge in [-0.2, -0.15) is 5.10 Å². The lowest BCUT2D eigenvalue weighted by Gasteiger charge is -2.13. The third kappa shape index (κ3) is 3.64. The van der Waals surface area contributed by atoms with Gasteiger partial charge in [-0.15, -0.1) is 13.2 Å². The largest absolute Gasteiger partial charge is 0.573 e. The number of carbonyl (C=O) groups is 1. The molecule has 23 heavy (non-hydrogen) atoms. The van der Waals surface area contributed by atoms with Crippen LogP contribution in [0.25, 0.3) is 0 Å². The normalized spacial score (nSPS) is 20.2. The van der Waals surface area contributed by atoms with Gasteiger partial charge in [0.1, 0.15) is 0 Å². The number of aromatic nitrogens is 2. The van der Waals surface area contributed by atoms with Crippen molar-refractivity contribution >= 4 is 11.6 Å². The van der Waals surface area contributed by atoms with Gasteiger partial charge in [-0.1, -0.05) is 12.1 Å². The summed E-state index contributed by atoms with van der Waals surface area (Å²) in [6, 6.07) is 5.48. The third-order valence-electron chi connectivity index (χ3n) is 3.65. The van der Waals surface area contributed by atoms with E-state index in [4.69, 9.17) is 0 Å². The van der Waals surface area contributed by atoms with Crippen molar-refractivity contribution < 1.29 is 22.7 Å². The van der Waals surface area contributed by atoms with Crippen molar-refractivity contribution in [1.82, 2.24) is 9.78 Å². The predicted octanol–water partition coefficient (Wildman–Crippen LogP) is 3.06. The monoisotopic (exact) mass is 325 g/mol. The number of amides is 1. The first-order chi connectivity index (χ1) is 10.8. The molecule has 0 bridgehead atoms. The molecule has 1 aliphatic carbocycles. The minimum absolute atomic E-state index is 0.00617. The number of hydrogen-bond donors (Lipinski definition) is 1. The van der Waals surface area contributed by atoms with E-state index >= 15 is 0 Å². The molecule has 5 nitrogen and oxygen atoms in total. The second kappa shape index (κ2) is 5.60. The van der Waals surface area contributed by atoms with Gasteiger partial charge in [-0.3, -0.25) is 9.48 Å². The zero-order valence-corrected chi connectivity index (χ0v) is 12.2. The fourth-order valence-electron chi connectivity index (χ4n) is 2.49. The maximum Gasteiger partial charge on any atom is 0.573 e. The van der Waals surface area contributed by atoms with E-state index in [1.807, 2.05) is 6.20 Å². The highest BCUT2D eigenvalue weighted by atomic mass is 19.4. The fourth-order valence-corrected chi connectivity index (χ4v) is 2.49. The highest BCUT2D eigenvalue weighted by Crippen LogP contribution is 2.48. The lowest BCUT2D eigenvalue weighted by Crippen LogP contribution is -2.20. The van der Waals surface area contributed by atoms with Crippen molar-refractivity contribution in [2.45, 2.75) is 18.7 Å². The first-order valence-electron chi connectivity index (χ1n) is 6.97. The van der Waals surface area contributed by atoms with E-state index in [9.17, 15) is 18.0 Å². The Morgan fingerprint density at radius 2 is 2.13 bits per heavy atom. The van der Waals surface area contributed by atoms with Gasteiger partial charge in [0, 0.05) is 19.2 Å². The van der Waals surface area contributed by atoms with E-state index in [1.165, 1.54) is 18.2 Å². The number of rotatable bonds is 4. The number of hydrogen-bond acceptors (Lipinski definition) is 3. The number of anilines is 1. The Hall–Kier alpha value is -2.51. The summed E-state index contributed by atoms with van der Waals surface area (Å²) in [7, 11) is 1.78. The molecule has 0 spiro atoms. The Morgan fingerprint density at radius 3 is 2.78 bits per heavy atom. The van der Waals surface area contributed by atoms with E-state index in [2.05, 4.69) is 15.2 Å². The number of benzene rings is 1. The van der Waals surface area contributed by atoms with Crippen LogP contribution < -0.4 is 10.1 Å². The summed E-state index contributed by atoms with van der Waals surface area (Å²) in [5.74, 6) is -0.957. The zero-order chi connectivity index (χ0) is 16.6. The van der Waals surface area contributed by atoms with E-state index < -0.39 is 12.1 Å². The number of alkyl halides is 3. The van der Waals surface area contributed by atoms with Crippen LogP contribution in [-0.2, 0) is 11.8 Å². The maximum atomic E-state index is 12.4. The molecule has 0 saturated heterocycles. The van der Waals surface area contributed by atoms with Crippen LogP contribution in [0.1, 0.15) is 17.9 Å². The smallest absolute Gasteiger partial charge is 0.404 e. The molecular weight excluding hydrogens is 311 g/mol. The SMILES string of the molecule is Cn1cc([C@H]2C[C@H]2C(=O)Nc2ccccc2OC(F)(F)F)cn1. The number of para-hydroxylation sites is 2. The van der Waals surface area contributed by atoms with Crippen LogP contribution in [0.15, 0.2) is 36.7 Å². The van der Waals surface area contributed by atoms with Crippen molar-refractivity contribution in [3.8, 4) is 5.75 Å². The Balaban J connectivity index is 1.67. The van der Waals surface area contributed by atoms with E-state index in [0.717, 1.165) is 11.6 Å². The van der Waals surface area contributed by atoms with Crippen molar-refractivity contribution in [3.63, 3.8) is 0 Å². The van der Waals surface area contributed by atoms with Gasteiger partial charge in [0.25, 0.3) is 0 Å². The van der Waals surface area contributed by atoms with Crippen LogP contribution in [0.4, 0.5) is 18.9 Å². The van der Waals surface area contributed by atoms with Crippen LogP contribution in [0.3, 0.4) is 0 Å². The van der Waals surface area contributed by atoms with Crippen molar-refractivity contribution in [2.75, 3.05) is 5.32 Å². The van der Waals surface area contributed by atoms with Gasteiger partial charge in [0.2, 0.25) is 5.91 Å². The molecule has 8 heteroatoms. The lowest BCUT2D eigenvalue weighted by molar-refractivity contribution is -0.274. The molecule has 1 aliphatic rings. The van der Waals surface area contributed by atoms with Crippen molar-refractivity contribution in [2.24, 2.45) is 13.0 Å². The van der Waals surface area contributed by atoms with Crippen LogP contribution >= 0.6 is 0 Å².